The Morgan fingerprint density at radius 3 is 2.33 bits per heavy atom. The van der Waals surface area contributed by atoms with E-state index in [2.05, 4.69) is 5.32 Å². The maximum Gasteiger partial charge on any atom is 0.409 e. The van der Waals surface area contributed by atoms with E-state index >= 15 is 0 Å². The zero-order valence-electron chi connectivity index (χ0n) is 14.2. The minimum atomic E-state index is -3.32. The quantitative estimate of drug-likeness (QED) is 0.745. The first-order chi connectivity index (χ1) is 11.4. The lowest BCUT2D eigenvalue weighted by molar-refractivity contribution is -0.121. The lowest BCUT2D eigenvalue weighted by Crippen LogP contribution is -2.47. The van der Waals surface area contributed by atoms with Crippen molar-refractivity contribution < 1.29 is 22.7 Å². The molecule has 2 aliphatic rings. The van der Waals surface area contributed by atoms with Crippen molar-refractivity contribution in [3.63, 3.8) is 0 Å². The number of hydrogen-bond donors (Lipinski definition) is 1. The number of carbonyl (C=O) groups is 2. The first-order valence-electron chi connectivity index (χ1n) is 8.61. The summed E-state index contributed by atoms with van der Waals surface area (Å²) < 4.78 is 30.6. The minimum absolute atomic E-state index is 0.0160. The van der Waals surface area contributed by atoms with Crippen molar-refractivity contribution in [2.75, 3.05) is 38.5 Å². The fourth-order valence-corrected chi connectivity index (χ4v) is 4.55. The van der Waals surface area contributed by atoms with Crippen LogP contribution >= 0.6 is 0 Å². The summed E-state index contributed by atoms with van der Waals surface area (Å²) in [6.45, 7) is 4.32. The molecule has 138 valence electrons. The lowest BCUT2D eigenvalue weighted by atomic mass is 10.1. The lowest BCUT2D eigenvalue weighted by Gasteiger charge is -2.31. The average Bonchev–Trinajstić information content (AvgIpc) is 3.09. The van der Waals surface area contributed by atoms with Gasteiger partial charge in [0, 0.05) is 38.6 Å². The van der Waals surface area contributed by atoms with Crippen LogP contribution in [-0.2, 0) is 19.6 Å². The summed E-state index contributed by atoms with van der Waals surface area (Å²) in [7, 11) is -3.32. The number of nitrogens with zero attached hydrogens (tertiary/aromatic N) is 2. The van der Waals surface area contributed by atoms with Crippen molar-refractivity contribution in [3.05, 3.63) is 0 Å². The fraction of sp³-hybridized carbons (Fsp3) is 0.867. The normalized spacial score (nSPS) is 20.1. The van der Waals surface area contributed by atoms with E-state index in [0.29, 0.717) is 45.6 Å². The molecule has 0 saturated carbocycles. The molecule has 2 rings (SSSR count). The van der Waals surface area contributed by atoms with Crippen LogP contribution in [0.5, 0.6) is 0 Å². The summed E-state index contributed by atoms with van der Waals surface area (Å²) in [4.78, 5) is 25.2. The van der Waals surface area contributed by atoms with Crippen molar-refractivity contribution in [1.82, 2.24) is 14.5 Å². The second kappa shape index (κ2) is 8.66. The number of amides is 2. The molecule has 2 saturated heterocycles. The summed E-state index contributed by atoms with van der Waals surface area (Å²) in [5.41, 5.74) is 0. The molecule has 2 amide bonds. The Morgan fingerprint density at radius 1 is 1.12 bits per heavy atom. The van der Waals surface area contributed by atoms with Crippen molar-refractivity contribution in [2.24, 2.45) is 0 Å². The van der Waals surface area contributed by atoms with Crippen LogP contribution in [0.25, 0.3) is 0 Å². The third-order valence-electron chi connectivity index (χ3n) is 4.43. The van der Waals surface area contributed by atoms with Crippen molar-refractivity contribution in [1.29, 1.82) is 0 Å². The number of hydrogen-bond acceptors (Lipinski definition) is 5. The van der Waals surface area contributed by atoms with E-state index < -0.39 is 10.0 Å². The van der Waals surface area contributed by atoms with Crippen LogP contribution in [-0.4, -0.2) is 74.2 Å². The molecule has 0 aromatic heterocycles. The fourth-order valence-electron chi connectivity index (χ4n) is 3.04. The Balaban J connectivity index is 1.69. The van der Waals surface area contributed by atoms with Gasteiger partial charge >= 0.3 is 6.09 Å². The molecule has 8 nitrogen and oxygen atoms in total. The predicted molar refractivity (Wildman–Crippen MR) is 89.0 cm³/mol. The average molecular weight is 361 g/mol. The number of carbonyl (C=O) groups excluding carboxylic acids is 2. The van der Waals surface area contributed by atoms with E-state index in [1.807, 2.05) is 0 Å². The van der Waals surface area contributed by atoms with Crippen molar-refractivity contribution >= 4 is 22.0 Å². The zero-order chi connectivity index (χ0) is 17.6. The van der Waals surface area contributed by atoms with Crippen LogP contribution in [0, 0.1) is 0 Å². The number of nitrogens with one attached hydrogen (secondary N) is 1. The number of ether oxygens (including phenoxy) is 1. The molecule has 1 N–H and O–H groups in total. The van der Waals surface area contributed by atoms with E-state index in [4.69, 9.17) is 4.74 Å². The predicted octanol–water partition coefficient (Wildman–Crippen LogP) is 0.539. The molecular weight excluding hydrogens is 334 g/mol. The zero-order valence-corrected chi connectivity index (χ0v) is 15.0. The van der Waals surface area contributed by atoms with Crippen LogP contribution < -0.4 is 5.32 Å². The maximum absolute atomic E-state index is 12.1. The summed E-state index contributed by atoms with van der Waals surface area (Å²) in [6, 6.07) is -0.0160. The summed E-state index contributed by atoms with van der Waals surface area (Å²) in [5, 5.41) is 2.87. The van der Waals surface area contributed by atoms with E-state index in [1.54, 1.807) is 11.8 Å². The smallest absolute Gasteiger partial charge is 0.409 e. The van der Waals surface area contributed by atoms with Crippen molar-refractivity contribution in [2.45, 2.75) is 45.1 Å². The first kappa shape index (κ1) is 19.0. The van der Waals surface area contributed by atoms with Crippen LogP contribution in [0.4, 0.5) is 4.79 Å². The third kappa shape index (κ3) is 5.34. The van der Waals surface area contributed by atoms with Gasteiger partial charge in [0.1, 0.15) is 0 Å². The number of likely N-dealkylation sites (tertiary alicyclic amines) is 1. The molecule has 0 unspecified atom stereocenters. The molecule has 2 heterocycles. The molecular formula is C15H27N3O5S. The van der Waals surface area contributed by atoms with Gasteiger partial charge in [-0.2, -0.15) is 0 Å². The summed E-state index contributed by atoms with van der Waals surface area (Å²) >= 11 is 0. The SMILES string of the molecule is CCOC(=O)N1CCC(NC(=O)CCS(=O)(=O)N2CCCC2)CC1. The molecule has 2 aliphatic heterocycles. The summed E-state index contributed by atoms with van der Waals surface area (Å²) in [5.74, 6) is -0.382. The number of rotatable bonds is 6. The highest BCUT2D eigenvalue weighted by atomic mass is 32.2. The maximum atomic E-state index is 12.1. The van der Waals surface area contributed by atoms with E-state index in [1.165, 1.54) is 4.31 Å². The third-order valence-corrected chi connectivity index (χ3v) is 6.30. The van der Waals surface area contributed by atoms with Crippen molar-refractivity contribution in [3.8, 4) is 0 Å². The van der Waals surface area contributed by atoms with Crippen LogP contribution in [0.3, 0.4) is 0 Å². The van der Waals surface area contributed by atoms with E-state index in [-0.39, 0.29) is 30.2 Å². The summed E-state index contributed by atoms with van der Waals surface area (Å²) in [6.07, 6.45) is 2.76. The first-order valence-corrected chi connectivity index (χ1v) is 10.2. The van der Waals surface area contributed by atoms with Gasteiger partial charge in [0.25, 0.3) is 0 Å². The van der Waals surface area contributed by atoms with Crippen LogP contribution in [0.15, 0.2) is 0 Å². The molecule has 9 heteroatoms. The minimum Gasteiger partial charge on any atom is -0.450 e. The van der Waals surface area contributed by atoms with Gasteiger partial charge < -0.3 is 15.0 Å². The topological polar surface area (TPSA) is 96.0 Å². The highest BCUT2D eigenvalue weighted by Crippen LogP contribution is 2.14. The molecule has 0 aromatic rings. The molecule has 2 fully saturated rings. The van der Waals surface area contributed by atoms with E-state index in [9.17, 15) is 18.0 Å². The second-order valence-electron chi connectivity index (χ2n) is 6.20. The van der Waals surface area contributed by atoms with E-state index in [0.717, 1.165) is 12.8 Å². The molecule has 0 spiro atoms. The monoisotopic (exact) mass is 361 g/mol. The van der Waals surface area contributed by atoms with Gasteiger partial charge in [0.15, 0.2) is 0 Å². The molecule has 0 aliphatic carbocycles. The molecule has 24 heavy (non-hydrogen) atoms. The Bertz CT molecular complexity index is 537. The van der Waals surface area contributed by atoms with Gasteiger partial charge in [-0.3, -0.25) is 4.79 Å². The highest BCUT2D eigenvalue weighted by Gasteiger charge is 2.27. The van der Waals surface area contributed by atoms with Gasteiger partial charge in [0.2, 0.25) is 15.9 Å². The van der Waals surface area contributed by atoms with Crippen LogP contribution in [0.1, 0.15) is 39.0 Å². The Labute approximate surface area is 143 Å². The number of piperidine rings is 1. The molecule has 0 bridgehead atoms. The van der Waals surface area contributed by atoms with Gasteiger partial charge in [0.05, 0.1) is 12.4 Å². The Morgan fingerprint density at radius 2 is 1.75 bits per heavy atom. The van der Waals surface area contributed by atoms with Gasteiger partial charge in [-0.1, -0.05) is 0 Å². The Hall–Kier alpha value is -1.35. The van der Waals surface area contributed by atoms with Crippen LogP contribution in [0.2, 0.25) is 0 Å². The highest BCUT2D eigenvalue weighted by molar-refractivity contribution is 7.89. The van der Waals surface area contributed by atoms with Gasteiger partial charge in [-0.15, -0.1) is 0 Å². The molecule has 0 atom stereocenters. The standard InChI is InChI=1S/C15H27N3O5S/c1-2-23-15(20)17-10-5-13(6-11-17)16-14(19)7-12-24(21,22)18-8-3-4-9-18/h13H,2-12H2,1H3,(H,16,19). The molecule has 0 radical (unpaired) electrons. The van der Waals surface area contributed by atoms with Gasteiger partial charge in [-0.05, 0) is 32.6 Å². The second-order valence-corrected chi connectivity index (χ2v) is 8.29. The molecule has 0 aromatic carbocycles. The van der Waals surface area contributed by atoms with Gasteiger partial charge in [-0.25, -0.2) is 17.5 Å². The largest absolute Gasteiger partial charge is 0.450 e. The number of sulfonamides is 1. The Kier molecular flexibility index (Phi) is 6.85.